The predicted octanol–water partition coefficient (Wildman–Crippen LogP) is 1.84. The van der Waals surface area contributed by atoms with Gasteiger partial charge in [-0.25, -0.2) is 9.97 Å². The molecule has 1 aromatic heterocycles. The molecule has 1 aliphatic rings. The molecule has 1 aliphatic heterocycles. The van der Waals surface area contributed by atoms with Gasteiger partial charge in [-0.1, -0.05) is 13.3 Å². The number of nitrogens with two attached hydrogens (primary N) is 1. The first-order chi connectivity index (χ1) is 6.81. The summed E-state index contributed by atoms with van der Waals surface area (Å²) in [5.41, 5.74) is 7.57. The molecule has 0 spiro atoms. The van der Waals surface area contributed by atoms with Crippen LogP contribution in [-0.4, -0.2) is 21.5 Å². The van der Waals surface area contributed by atoms with Crippen molar-refractivity contribution < 1.29 is 0 Å². The zero-order valence-electron chi connectivity index (χ0n) is 8.36. The van der Waals surface area contributed by atoms with E-state index in [1.165, 1.54) is 0 Å². The first-order valence-corrected chi connectivity index (χ1v) is 6.15. The van der Waals surface area contributed by atoms with Gasteiger partial charge in [0.2, 0.25) is 0 Å². The van der Waals surface area contributed by atoms with Crippen molar-refractivity contribution in [3.05, 3.63) is 17.7 Å². The van der Waals surface area contributed by atoms with Gasteiger partial charge in [0.15, 0.2) is 0 Å². The Labute approximate surface area is 88.5 Å². The van der Waals surface area contributed by atoms with Crippen molar-refractivity contribution in [1.29, 1.82) is 0 Å². The molecule has 76 valence electrons. The van der Waals surface area contributed by atoms with Gasteiger partial charge in [-0.05, 0) is 6.42 Å². The summed E-state index contributed by atoms with van der Waals surface area (Å²) in [5.74, 6) is 3.88. The molecule has 2 heterocycles. The number of nitrogens with zero attached hydrogens (tertiary/aromatic N) is 2. The van der Waals surface area contributed by atoms with Gasteiger partial charge in [0.05, 0.1) is 17.6 Å². The maximum Gasteiger partial charge on any atom is 0.133 e. The molecule has 0 aromatic carbocycles. The average molecular weight is 209 g/mol. The van der Waals surface area contributed by atoms with Crippen LogP contribution in [-0.2, 0) is 6.42 Å². The van der Waals surface area contributed by atoms with Crippen LogP contribution in [0.25, 0.3) is 0 Å². The van der Waals surface area contributed by atoms with Crippen LogP contribution in [0.5, 0.6) is 0 Å². The number of anilines is 1. The fourth-order valence-corrected chi connectivity index (χ4v) is 2.23. The topological polar surface area (TPSA) is 51.8 Å². The maximum atomic E-state index is 5.80. The molecule has 0 atom stereocenters. The molecule has 0 radical (unpaired) electrons. The molecule has 0 saturated carbocycles. The predicted molar refractivity (Wildman–Crippen MR) is 60.5 cm³/mol. The second kappa shape index (κ2) is 4.17. The van der Waals surface area contributed by atoms with Crippen LogP contribution in [0.1, 0.15) is 30.8 Å². The van der Waals surface area contributed by atoms with Gasteiger partial charge in [0.25, 0.3) is 0 Å². The summed E-state index contributed by atoms with van der Waals surface area (Å²) in [6, 6.07) is 0. The molecule has 1 fully saturated rings. The summed E-state index contributed by atoms with van der Waals surface area (Å²) in [5, 5.41) is 0. The molecule has 0 bridgehead atoms. The Bertz CT molecular complexity index is 323. The zero-order valence-corrected chi connectivity index (χ0v) is 9.18. The van der Waals surface area contributed by atoms with Gasteiger partial charge in [-0.3, -0.25) is 0 Å². The minimum absolute atomic E-state index is 0.566. The quantitative estimate of drug-likeness (QED) is 0.825. The number of nitrogen functional groups attached to an aromatic ring is 1. The summed E-state index contributed by atoms with van der Waals surface area (Å²) in [7, 11) is 0. The minimum atomic E-state index is 0.566. The van der Waals surface area contributed by atoms with E-state index in [9.17, 15) is 0 Å². The number of hydrogen-bond donors (Lipinski definition) is 1. The number of thioether (sulfide) groups is 1. The molecule has 0 aliphatic carbocycles. The minimum Gasteiger partial charge on any atom is -0.396 e. The Morgan fingerprint density at radius 3 is 2.93 bits per heavy atom. The smallest absolute Gasteiger partial charge is 0.133 e. The van der Waals surface area contributed by atoms with Gasteiger partial charge < -0.3 is 5.73 Å². The first-order valence-electron chi connectivity index (χ1n) is 5.00. The molecular weight excluding hydrogens is 194 g/mol. The summed E-state index contributed by atoms with van der Waals surface area (Å²) in [4.78, 5) is 8.83. The van der Waals surface area contributed by atoms with Crippen molar-refractivity contribution in [1.82, 2.24) is 9.97 Å². The fourth-order valence-electron chi connectivity index (χ4n) is 1.46. The third-order valence-corrected chi connectivity index (χ3v) is 3.68. The molecule has 4 heteroatoms. The standard InChI is InChI=1S/C10H15N3S/c1-2-3-9-8(11)4-12-10(13-9)7-5-14-6-7/h4,7H,2-3,5-6,11H2,1H3. The fraction of sp³-hybridized carbons (Fsp3) is 0.600. The van der Waals surface area contributed by atoms with Crippen LogP contribution in [0.15, 0.2) is 6.20 Å². The lowest BCUT2D eigenvalue weighted by Crippen LogP contribution is -2.19. The van der Waals surface area contributed by atoms with E-state index in [1.807, 2.05) is 11.8 Å². The van der Waals surface area contributed by atoms with E-state index in [0.717, 1.165) is 41.6 Å². The molecule has 0 amide bonds. The summed E-state index contributed by atoms with van der Waals surface area (Å²) in [6.07, 6.45) is 3.80. The van der Waals surface area contributed by atoms with E-state index in [0.29, 0.717) is 5.92 Å². The van der Waals surface area contributed by atoms with Gasteiger partial charge in [-0.15, -0.1) is 0 Å². The van der Waals surface area contributed by atoms with Crippen molar-refractivity contribution in [2.24, 2.45) is 0 Å². The lowest BCUT2D eigenvalue weighted by atomic mass is 10.1. The number of aryl methyl sites for hydroxylation is 1. The average Bonchev–Trinajstić information content (AvgIpc) is 2.08. The first kappa shape index (κ1) is 9.77. The van der Waals surface area contributed by atoms with Gasteiger partial charge in [-0.2, -0.15) is 11.8 Å². The molecule has 2 N–H and O–H groups in total. The summed E-state index contributed by atoms with van der Waals surface area (Å²) < 4.78 is 0. The third-order valence-electron chi connectivity index (χ3n) is 2.41. The van der Waals surface area contributed by atoms with E-state index in [-0.39, 0.29) is 0 Å². The highest BCUT2D eigenvalue weighted by atomic mass is 32.2. The van der Waals surface area contributed by atoms with E-state index in [2.05, 4.69) is 16.9 Å². The number of hydrogen-bond acceptors (Lipinski definition) is 4. The number of aromatic nitrogens is 2. The van der Waals surface area contributed by atoms with Crippen molar-refractivity contribution >= 4 is 17.4 Å². The Morgan fingerprint density at radius 1 is 1.57 bits per heavy atom. The highest BCUT2D eigenvalue weighted by molar-refractivity contribution is 8.00. The third kappa shape index (κ3) is 1.85. The maximum absolute atomic E-state index is 5.80. The largest absolute Gasteiger partial charge is 0.396 e. The van der Waals surface area contributed by atoms with Crippen LogP contribution in [0.2, 0.25) is 0 Å². The van der Waals surface area contributed by atoms with Crippen LogP contribution in [0, 0.1) is 0 Å². The second-order valence-electron chi connectivity index (χ2n) is 3.61. The molecule has 1 aromatic rings. The highest BCUT2D eigenvalue weighted by Crippen LogP contribution is 2.32. The number of rotatable bonds is 3. The Hall–Kier alpha value is -0.770. The summed E-state index contributed by atoms with van der Waals surface area (Å²) in [6.45, 7) is 2.14. The van der Waals surface area contributed by atoms with Crippen LogP contribution in [0.4, 0.5) is 5.69 Å². The molecule has 14 heavy (non-hydrogen) atoms. The normalized spacial score (nSPS) is 16.6. The van der Waals surface area contributed by atoms with Gasteiger partial charge in [0.1, 0.15) is 5.82 Å². The Kier molecular flexibility index (Phi) is 2.91. The molecule has 2 rings (SSSR count). The van der Waals surface area contributed by atoms with Crippen LogP contribution >= 0.6 is 11.8 Å². The van der Waals surface area contributed by atoms with Crippen molar-refractivity contribution in [3.8, 4) is 0 Å². The Morgan fingerprint density at radius 2 is 2.36 bits per heavy atom. The lowest BCUT2D eigenvalue weighted by Gasteiger charge is -2.23. The second-order valence-corrected chi connectivity index (χ2v) is 4.69. The molecule has 3 nitrogen and oxygen atoms in total. The van der Waals surface area contributed by atoms with E-state index >= 15 is 0 Å². The van der Waals surface area contributed by atoms with Crippen molar-refractivity contribution in [3.63, 3.8) is 0 Å². The zero-order chi connectivity index (χ0) is 9.97. The SMILES string of the molecule is CCCc1nc(C2CSC2)ncc1N. The van der Waals surface area contributed by atoms with Crippen molar-refractivity contribution in [2.75, 3.05) is 17.2 Å². The van der Waals surface area contributed by atoms with Crippen molar-refractivity contribution in [2.45, 2.75) is 25.7 Å². The molecule has 0 unspecified atom stereocenters. The van der Waals surface area contributed by atoms with Gasteiger partial charge >= 0.3 is 0 Å². The highest BCUT2D eigenvalue weighted by Gasteiger charge is 2.23. The van der Waals surface area contributed by atoms with Gasteiger partial charge in [0, 0.05) is 17.4 Å². The monoisotopic (exact) mass is 209 g/mol. The van der Waals surface area contributed by atoms with Crippen LogP contribution in [0.3, 0.4) is 0 Å². The lowest BCUT2D eigenvalue weighted by molar-refractivity contribution is 0.742. The van der Waals surface area contributed by atoms with E-state index in [1.54, 1.807) is 6.20 Å². The van der Waals surface area contributed by atoms with Crippen LogP contribution < -0.4 is 5.73 Å². The molecule has 1 saturated heterocycles. The Balaban J connectivity index is 2.21. The summed E-state index contributed by atoms with van der Waals surface area (Å²) >= 11 is 1.95. The molecular formula is C10H15N3S. The van der Waals surface area contributed by atoms with E-state index < -0.39 is 0 Å². The van der Waals surface area contributed by atoms with E-state index in [4.69, 9.17) is 5.73 Å².